The molecule has 7 heteroatoms. The van der Waals surface area contributed by atoms with Crippen LogP contribution in [0.3, 0.4) is 0 Å². The van der Waals surface area contributed by atoms with Gasteiger partial charge in [0.2, 0.25) is 10.0 Å². The third kappa shape index (κ3) is 3.78. The largest absolute Gasteiger partial charge is 0.391 e. The molecule has 1 aromatic heterocycles. The summed E-state index contributed by atoms with van der Waals surface area (Å²) in [4.78, 5) is 0. The van der Waals surface area contributed by atoms with E-state index in [0.29, 0.717) is 17.1 Å². The minimum Gasteiger partial charge on any atom is -0.391 e. The maximum Gasteiger partial charge on any atom is 0.250 e. The van der Waals surface area contributed by atoms with Crippen molar-refractivity contribution in [1.29, 1.82) is 0 Å². The summed E-state index contributed by atoms with van der Waals surface area (Å²) in [5.74, 6) is 0. The molecule has 1 fully saturated rings. The van der Waals surface area contributed by atoms with Crippen LogP contribution in [0, 0.1) is 6.92 Å². The van der Waals surface area contributed by atoms with Crippen molar-refractivity contribution in [3.63, 3.8) is 0 Å². The third-order valence-corrected chi connectivity index (χ3v) is 7.49. The molecular weight excluding hydrogens is 350 g/mol. The first-order valence-corrected chi connectivity index (χ1v) is 9.46. The summed E-state index contributed by atoms with van der Waals surface area (Å²) in [6, 6.07) is 1.29. The maximum absolute atomic E-state index is 12.3. The van der Waals surface area contributed by atoms with Crippen LogP contribution in [0.1, 0.15) is 37.7 Å². The Kier molecular flexibility index (Phi) is 5.05. The second-order valence-corrected chi connectivity index (χ2v) is 9.27. The summed E-state index contributed by atoms with van der Waals surface area (Å²) >= 11 is 4.54. The Morgan fingerprint density at radius 3 is 2.68 bits per heavy atom. The molecule has 1 heterocycles. The Hall–Kier alpha value is 0.0500. The zero-order valence-corrected chi connectivity index (χ0v) is 13.9. The predicted molar refractivity (Wildman–Crippen MR) is 80.0 cm³/mol. The summed E-state index contributed by atoms with van der Waals surface area (Å²) in [6.45, 7) is 1.86. The van der Waals surface area contributed by atoms with Crippen LogP contribution in [0.5, 0.6) is 0 Å². The molecule has 0 aliphatic heterocycles. The number of aliphatic hydroxyl groups is 1. The van der Waals surface area contributed by atoms with Gasteiger partial charge < -0.3 is 5.11 Å². The van der Waals surface area contributed by atoms with Gasteiger partial charge in [-0.25, -0.2) is 13.1 Å². The Labute approximate surface area is 126 Å². The van der Waals surface area contributed by atoms with Crippen LogP contribution in [0.4, 0.5) is 0 Å². The summed E-state index contributed by atoms with van der Waals surface area (Å²) in [7, 11) is -3.53. The van der Waals surface area contributed by atoms with E-state index in [0.717, 1.165) is 28.6 Å². The van der Waals surface area contributed by atoms with E-state index >= 15 is 0 Å². The summed E-state index contributed by atoms with van der Waals surface area (Å²) in [5.41, 5.74) is 0.909. The van der Waals surface area contributed by atoms with Crippen LogP contribution < -0.4 is 4.72 Å². The van der Waals surface area contributed by atoms with Gasteiger partial charge in [-0.3, -0.25) is 0 Å². The molecule has 0 amide bonds. The van der Waals surface area contributed by atoms with E-state index in [2.05, 4.69) is 20.7 Å². The van der Waals surface area contributed by atoms with E-state index < -0.39 is 16.1 Å². The van der Waals surface area contributed by atoms with Crippen LogP contribution in [0.25, 0.3) is 0 Å². The Balaban J connectivity index is 2.16. The van der Waals surface area contributed by atoms with Crippen molar-refractivity contribution in [3.8, 4) is 0 Å². The van der Waals surface area contributed by atoms with E-state index in [1.807, 2.05) is 6.92 Å². The SMILES string of the molecule is Cc1cc(S(=O)(=O)NC2CCCCCC2O)sc1Br. The van der Waals surface area contributed by atoms with Crippen molar-refractivity contribution >= 4 is 37.3 Å². The Bertz CT molecular complexity index is 522. The number of aliphatic hydroxyl groups excluding tert-OH is 1. The lowest BCUT2D eigenvalue weighted by atomic mass is 10.1. The topological polar surface area (TPSA) is 66.4 Å². The van der Waals surface area contributed by atoms with Crippen molar-refractivity contribution in [2.45, 2.75) is 55.4 Å². The molecule has 2 unspecified atom stereocenters. The molecule has 1 aromatic rings. The average Bonchev–Trinajstić information content (AvgIpc) is 2.55. The maximum atomic E-state index is 12.3. The highest BCUT2D eigenvalue weighted by Crippen LogP contribution is 2.31. The Morgan fingerprint density at radius 2 is 2.05 bits per heavy atom. The fraction of sp³-hybridized carbons (Fsp3) is 0.667. The average molecular weight is 368 g/mol. The van der Waals surface area contributed by atoms with Crippen LogP contribution >= 0.6 is 27.3 Å². The smallest absolute Gasteiger partial charge is 0.250 e. The minimum absolute atomic E-state index is 0.299. The van der Waals surface area contributed by atoms with Crippen LogP contribution in [-0.4, -0.2) is 25.7 Å². The van der Waals surface area contributed by atoms with Gasteiger partial charge in [-0.2, -0.15) is 0 Å². The first-order valence-electron chi connectivity index (χ1n) is 6.36. The van der Waals surface area contributed by atoms with Gasteiger partial charge in [-0.15, -0.1) is 11.3 Å². The third-order valence-electron chi connectivity index (χ3n) is 3.39. The fourth-order valence-electron chi connectivity index (χ4n) is 2.25. The van der Waals surface area contributed by atoms with Crippen LogP contribution in [0.2, 0.25) is 0 Å². The highest BCUT2D eigenvalue weighted by molar-refractivity contribution is 9.11. The minimum atomic E-state index is -3.53. The molecule has 4 nitrogen and oxygen atoms in total. The molecule has 108 valence electrons. The number of thiophene rings is 1. The predicted octanol–water partition coefficient (Wildman–Crippen LogP) is 2.79. The molecule has 0 spiro atoms. The quantitative estimate of drug-likeness (QED) is 0.807. The van der Waals surface area contributed by atoms with Gasteiger partial charge in [-0.1, -0.05) is 19.3 Å². The molecule has 0 saturated heterocycles. The first-order chi connectivity index (χ1) is 8.90. The lowest BCUT2D eigenvalue weighted by Gasteiger charge is -2.21. The van der Waals surface area contributed by atoms with Gasteiger partial charge in [0.25, 0.3) is 0 Å². The van der Waals surface area contributed by atoms with Crippen LogP contribution in [-0.2, 0) is 10.0 Å². The molecule has 0 radical (unpaired) electrons. The Morgan fingerprint density at radius 1 is 1.37 bits per heavy atom. The van der Waals surface area contributed by atoms with Crippen molar-refractivity contribution in [3.05, 3.63) is 15.4 Å². The standard InChI is InChI=1S/C12H18BrNO3S2/c1-8-7-11(18-12(8)13)19(16,17)14-9-5-3-2-4-6-10(9)15/h7,9-10,14-15H,2-6H2,1H3. The molecule has 1 aliphatic rings. The van der Waals surface area contributed by atoms with E-state index in [4.69, 9.17) is 0 Å². The zero-order valence-electron chi connectivity index (χ0n) is 10.7. The van der Waals surface area contributed by atoms with Crippen LogP contribution in [0.15, 0.2) is 14.1 Å². The number of nitrogens with one attached hydrogen (secondary N) is 1. The number of aryl methyl sites for hydroxylation is 1. The van der Waals surface area contributed by atoms with Gasteiger partial charge in [-0.05, 0) is 47.3 Å². The number of rotatable bonds is 3. The van der Waals surface area contributed by atoms with E-state index in [9.17, 15) is 13.5 Å². The number of hydrogen-bond acceptors (Lipinski definition) is 4. The second kappa shape index (κ2) is 6.22. The fourth-order valence-corrected chi connectivity index (χ4v) is 5.79. The lowest BCUT2D eigenvalue weighted by Crippen LogP contribution is -2.42. The summed E-state index contributed by atoms with van der Waals surface area (Å²) < 4.78 is 28.4. The van der Waals surface area contributed by atoms with Gasteiger partial charge in [0, 0.05) is 6.04 Å². The summed E-state index contributed by atoms with van der Waals surface area (Å²) in [6.07, 6.45) is 3.76. The number of hydrogen-bond donors (Lipinski definition) is 2. The number of sulfonamides is 1. The van der Waals surface area contributed by atoms with Crippen molar-refractivity contribution in [1.82, 2.24) is 4.72 Å². The van der Waals surface area contributed by atoms with Gasteiger partial charge in [0.1, 0.15) is 4.21 Å². The molecular formula is C12H18BrNO3S2. The normalized spacial score (nSPS) is 25.2. The zero-order chi connectivity index (χ0) is 14.0. The molecule has 2 rings (SSSR count). The van der Waals surface area contributed by atoms with Gasteiger partial charge in [0.05, 0.1) is 9.89 Å². The molecule has 0 aromatic carbocycles. The van der Waals surface area contributed by atoms with Crippen molar-refractivity contribution in [2.75, 3.05) is 0 Å². The molecule has 19 heavy (non-hydrogen) atoms. The van der Waals surface area contributed by atoms with Crippen molar-refractivity contribution in [2.24, 2.45) is 0 Å². The van der Waals surface area contributed by atoms with E-state index in [1.165, 1.54) is 11.3 Å². The lowest BCUT2D eigenvalue weighted by molar-refractivity contribution is 0.130. The summed E-state index contributed by atoms with van der Waals surface area (Å²) in [5, 5.41) is 9.99. The first kappa shape index (κ1) is 15.4. The van der Waals surface area contributed by atoms with Gasteiger partial charge in [0.15, 0.2) is 0 Å². The highest BCUT2D eigenvalue weighted by Gasteiger charge is 2.28. The van der Waals surface area contributed by atoms with Gasteiger partial charge >= 0.3 is 0 Å². The molecule has 1 saturated carbocycles. The number of halogens is 1. The molecule has 0 bridgehead atoms. The molecule has 2 atom stereocenters. The van der Waals surface area contributed by atoms with E-state index in [-0.39, 0.29) is 6.04 Å². The second-order valence-electron chi connectivity index (χ2n) is 4.96. The van der Waals surface area contributed by atoms with E-state index in [1.54, 1.807) is 6.07 Å². The highest BCUT2D eigenvalue weighted by atomic mass is 79.9. The molecule has 2 N–H and O–H groups in total. The molecule has 1 aliphatic carbocycles. The monoisotopic (exact) mass is 367 g/mol. The van der Waals surface area contributed by atoms with Crippen molar-refractivity contribution < 1.29 is 13.5 Å².